The Bertz CT molecular complexity index is 1430. The predicted molar refractivity (Wildman–Crippen MR) is 118 cm³/mol. The number of thiophene rings is 1. The molecule has 3 aromatic heterocycles. The summed E-state index contributed by atoms with van der Waals surface area (Å²) < 4.78 is 6.87. The number of carbonyl (C=O) groups is 2. The van der Waals surface area contributed by atoms with Crippen molar-refractivity contribution in [3.8, 4) is 10.4 Å². The van der Waals surface area contributed by atoms with E-state index >= 15 is 0 Å². The van der Waals surface area contributed by atoms with Crippen molar-refractivity contribution in [2.24, 2.45) is 0 Å². The van der Waals surface area contributed by atoms with Crippen LogP contribution in [-0.4, -0.2) is 16.6 Å². The van der Waals surface area contributed by atoms with Gasteiger partial charge in [-0.15, -0.1) is 11.3 Å². The normalized spacial score (nSPS) is 13.4. The van der Waals surface area contributed by atoms with Crippen LogP contribution in [0, 0.1) is 0 Å². The number of fused-ring (bicyclic) bond motifs is 3. The van der Waals surface area contributed by atoms with Gasteiger partial charge in [-0.2, -0.15) is 0 Å². The van der Waals surface area contributed by atoms with Gasteiger partial charge < -0.3 is 4.42 Å². The van der Waals surface area contributed by atoms with Gasteiger partial charge in [0.1, 0.15) is 11.3 Å². The highest BCUT2D eigenvalue weighted by molar-refractivity contribution is 7.22. The molecule has 0 bridgehead atoms. The summed E-state index contributed by atoms with van der Waals surface area (Å²) in [6.45, 7) is 0. The molecule has 0 unspecified atom stereocenters. The Balaban J connectivity index is 1.39. The lowest BCUT2D eigenvalue weighted by molar-refractivity contribution is 0.0990. The zero-order valence-electron chi connectivity index (χ0n) is 15.6. The molecule has 142 valence electrons. The standard InChI is InChI=1S/C25H13NO3S/c27-24-18-8-14-4-1-2-5-15(14)9-19(18)25(28)20(24)10-17-11-23-21(29-17)12-22(30-23)16-6-3-7-26-13-16/h1-13H. The summed E-state index contributed by atoms with van der Waals surface area (Å²) in [6.07, 6.45) is 5.11. The minimum atomic E-state index is -0.253. The number of nitrogens with zero attached hydrogens (tertiary/aromatic N) is 1. The molecule has 0 radical (unpaired) electrons. The van der Waals surface area contributed by atoms with Crippen molar-refractivity contribution in [1.29, 1.82) is 0 Å². The number of hydrogen-bond donors (Lipinski definition) is 0. The molecule has 0 spiro atoms. The van der Waals surface area contributed by atoms with Gasteiger partial charge >= 0.3 is 0 Å². The van der Waals surface area contributed by atoms with Gasteiger partial charge in [-0.05, 0) is 35.0 Å². The van der Waals surface area contributed by atoms with Crippen LogP contribution in [0.1, 0.15) is 26.5 Å². The summed E-state index contributed by atoms with van der Waals surface area (Å²) in [5, 5.41) is 1.89. The maximum absolute atomic E-state index is 12.9. The number of Topliss-reactive ketones (excluding diaryl/α,β-unsaturated/α-hetero) is 2. The first kappa shape index (κ1) is 17.1. The third-order valence-corrected chi connectivity index (χ3v) is 6.44. The quantitative estimate of drug-likeness (QED) is 0.259. The van der Waals surface area contributed by atoms with Crippen LogP contribution in [-0.2, 0) is 0 Å². The highest BCUT2D eigenvalue weighted by atomic mass is 32.1. The molecule has 0 aliphatic heterocycles. The number of aromatic nitrogens is 1. The zero-order valence-corrected chi connectivity index (χ0v) is 16.4. The first-order chi connectivity index (χ1) is 14.7. The summed E-state index contributed by atoms with van der Waals surface area (Å²) in [6, 6.07) is 19.0. The van der Waals surface area contributed by atoms with Crippen molar-refractivity contribution >= 4 is 50.0 Å². The van der Waals surface area contributed by atoms with E-state index in [9.17, 15) is 9.59 Å². The molecular weight excluding hydrogens is 394 g/mol. The second-order valence-electron chi connectivity index (χ2n) is 7.19. The van der Waals surface area contributed by atoms with Crippen LogP contribution in [0.5, 0.6) is 0 Å². The van der Waals surface area contributed by atoms with Gasteiger partial charge in [-0.25, -0.2) is 0 Å². The van der Waals surface area contributed by atoms with Crippen LogP contribution in [0.15, 0.2) is 83.0 Å². The van der Waals surface area contributed by atoms with Crippen molar-refractivity contribution in [1.82, 2.24) is 4.98 Å². The monoisotopic (exact) mass is 407 g/mol. The van der Waals surface area contributed by atoms with Gasteiger partial charge in [-0.3, -0.25) is 14.6 Å². The summed E-state index contributed by atoms with van der Waals surface area (Å²) in [5.74, 6) is -0.00355. The minimum Gasteiger partial charge on any atom is -0.456 e. The van der Waals surface area contributed by atoms with Gasteiger partial charge in [0.15, 0.2) is 11.6 Å². The van der Waals surface area contributed by atoms with Crippen LogP contribution < -0.4 is 0 Å². The number of ketones is 2. The van der Waals surface area contributed by atoms with Crippen LogP contribution in [0.3, 0.4) is 0 Å². The highest BCUT2D eigenvalue weighted by Crippen LogP contribution is 2.37. The molecule has 0 saturated heterocycles. The predicted octanol–water partition coefficient (Wildman–Crippen LogP) is 6.17. The lowest BCUT2D eigenvalue weighted by Crippen LogP contribution is -1.99. The fraction of sp³-hybridized carbons (Fsp3) is 0. The fourth-order valence-electron chi connectivity index (χ4n) is 3.86. The van der Waals surface area contributed by atoms with Crippen molar-refractivity contribution < 1.29 is 14.0 Å². The van der Waals surface area contributed by atoms with Crippen LogP contribution in [0.25, 0.3) is 37.6 Å². The number of furan rings is 1. The number of allylic oxidation sites excluding steroid dienone is 1. The van der Waals surface area contributed by atoms with Crippen molar-refractivity contribution in [2.75, 3.05) is 0 Å². The molecular formula is C25H13NO3S. The van der Waals surface area contributed by atoms with E-state index < -0.39 is 0 Å². The number of hydrogen-bond acceptors (Lipinski definition) is 5. The smallest absolute Gasteiger partial charge is 0.197 e. The Hall–Kier alpha value is -3.83. The Morgan fingerprint density at radius 1 is 0.867 bits per heavy atom. The molecule has 5 aromatic rings. The van der Waals surface area contributed by atoms with E-state index in [0.29, 0.717) is 16.9 Å². The Labute approximate surface area is 175 Å². The molecule has 3 heterocycles. The second kappa shape index (κ2) is 6.34. The number of carbonyl (C=O) groups excluding carboxylic acids is 2. The lowest BCUT2D eigenvalue weighted by atomic mass is 10.0. The van der Waals surface area contributed by atoms with Gasteiger partial charge in [0.25, 0.3) is 0 Å². The Morgan fingerprint density at radius 2 is 1.60 bits per heavy atom. The third-order valence-electron chi connectivity index (χ3n) is 5.32. The van der Waals surface area contributed by atoms with Gasteiger partial charge in [0.2, 0.25) is 0 Å². The SMILES string of the molecule is O=C1C(=Cc2cc3sc(-c4cccnc4)cc3o2)C(=O)c2cc3ccccc3cc21. The Kier molecular flexibility index (Phi) is 3.60. The summed E-state index contributed by atoms with van der Waals surface area (Å²) in [5.41, 5.74) is 2.81. The third kappa shape index (κ3) is 2.56. The molecule has 0 atom stereocenters. The van der Waals surface area contributed by atoms with Crippen LogP contribution in [0.2, 0.25) is 0 Å². The van der Waals surface area contributed by atoms with Gasteiger partial charge in [0, 0.05) is 46.1 Å². The number of benzene rings is 2. The number of pyridine rings is 1. The van der Waals surface area contributed by atoms with Gasteiger partial charge in [0.05, 0.1) is 10.3 Å². The van der Waals surface area contributed by atoms with Gasteiger partial charge in [-0.1, -0.05) is 30.3 Å². The largest absolute Gasteiger partial charge is 0.456 e. The second-order valence-corrected chi connectivity index (χ2v) is 8.27. The zero-order chi connectivity index (χ0) is 20.2. The van der Waals surface area contributed by atoms with E-state index in [1.54, 1.807) is 35.7 Å². The molecule has 1 aliphatic rings. The first-order valence-corrected chi connectivity index (χ1v) is 10.3. The Morgan fingerprint density at radius 3 is 2.23 bits per heavy atom. The van der Waals surface area contributed by atoms with Crippen LogP contribution >= 0.6 is 11.3 Å². The van der Waals surface area contributed by atoms with E-state index in [1.807, 2.05) is 54.7 Å². The molecule has 5 heteroatoms. The van der Waals surface area contributed by atoms with Crippen molar-refractivity contribution in [3.05, 3.63) is 95.5 Å². The topological polar surface area (TPSA) is 60.2 Å². The van der Waals surface area contributed by atoms with E-state index in [2.05, 4.69) is 4.98 Å². The summed E-state index contributed by atoms with van der Waals surface area (Å²) in [7, 11) is 0. The molecule has 0 saturated carbocycles. The van der Waals surface area contributed by atoms with Crippen molar-refractivity contribution in [3.63, 3.8) is 0 Å². The maximum atomic E-state index is 12.9. The average Bonchev–Trinajstić information content (AvgIpc) is 3.41. The maximum Gasteiger partial charge on any atom is 0.197 e. The highest BCUT2D eigenvalue weighted by Gasteiger charge is 2.33. The molecule has 6 rings (SSSR count). The van der Waals surface area contributed by atoms with Crippen molar-refractivity contribution in [2.45, 2.75) is 0 Å². The number of rotatable bonds is 2. The van der Waals surface area contributed by atoms with E-state index in [-0.39, 0.29) is 17.1 Å². The average molecular weight is 407 g/mol. The molecule has 0 fully saturated rings. The van der Waals surface area contributed by atoms with E-state index in [4.69, 9.17) is 4.42 Å². The molecule has 30 heavy (non-hydrogen) atoms. The van der Waals surface area contributed by atoms with E-state index in [0.717, 1.165) is 31.5 Å². The molecule has 4 nitrogen and oxygen atoms in total. The summed E-state index contributed by atoms with van der Waals surface area (Å²) in [4.78, 5) is 31.0. The minimum absolute atomic E-state index is 0.147. The van der Waals surface area contributed by atoms with Crippen LogP contribution in [0.4, 0.5) is 0 Å². The lowest BCUT2D eigenvalue weighted by Gasteiger charge is -2.00. The summed E-state index contributed by atoms with van der Waals surface area (Å²) >= 11 is 1.59. The molecule has 1 aliphatic carbocycles. The molecule has 0 N–H and O–H groups in total. The van der Waals surface area contributed by atoms with E-state index in [1.165, 1.54) is 0 Å². The molecule has 0 amide bonds. The fourth-order valence-corrected chi connectivity index (χ4v) is 4.88. The first-order valence-electron chi connectivity index (χ1n) is 9.45. The molecule has 2 aromatic carbocycles.